The molecule has 0 amide bonds. The van der Waals surface area contributed by atoms with Gasteiger partial charge in [-0.05, 0) is 25.1 Å². The first kappa shape index (κ1) is 9.02. The predicted octanol–water partition coefficient (Wildman–Crippen LogP) is 1.18. The van der Waals surface area contributed by atoms with E-state index >= 15 is 0 Å². The summed E-state index contributed by atoms with van der Waals surface area (Å²) in [5, 5.41) is 3.89. The van der Waals surface area contributed by atoms with Crippen molar-refractivity contribution in [2.45, 2.75) is 6.42 Å². The van der Waals surface area contributed by atoms with Crippen LogP contribution < -0.4 is 5.73 Å². The first-order valence-corrected chi connectivity index (χ1v) is 4.58. The summed E-state index contributed by atoms with van der Waals surface area (Å²) >= 11 is 0. The minimum atomic E-state index is 0.663. The maximum Gasteiger partial charge on any atom is 0.130 e. The average Bonchev–Trinajstić information content (AvgIpc) is 2.77. The summed E-state index contributed by atoms with van der Waals surface area (Å²) in [6, 6.07) is 5.95. The second kappa shape index (κ2) is 3.67. The molecule has 0 atom stereocenters. The number of rotatable bonds is 3. The Morgan fingerprint density at radius 2 is 2.29 bits per heavy atom. The maximum atomic E-state index is 5.51. The van der Waals surface area contributed by atoms with E-state index in [1.165, 1.54) is 5.69 Å². The Morgan fingerprint density at radius 1 is 1.43 bits per heavy atom. The van der Waals surface area contributed by atoms with Crippen molar-refractivity contribution in [1.82, 2.24) is 9.72 Å². The fourth-order valence-electron chi connectivity index (χ4n) is 1.55. The highest BCUT2D eigenvalue weighted by molar-refractivity contribution is 5.55. The second-order valence-corrected chi connectivity index (χ2v) is 3.19. The first-order valence-electron chi connectivity index (χ1n) is 4.58. The third-order valence-electron chi connectivity index (χ3n) is 2.33. The molecule has 2 rings (SSSR count). The van der Waals surface area contributed by atoms with Crippen LogP contribution in [0.4, 0.5) is 0 Å². The molecule has 2 aromatic rings. The zero-order valence-corrected chi connectivity index (χ0v) is 8.10. The number of nitrogens with zero attached hydrogens (tertiary/aromatic N) is 2. The van der Waals surface area contributed by atoms with E-state index in [1.54, 1.807) is 6.26 Å². The molecule has 0 fully saturated rings. The molecule has 2 aromatic heterocycles. The highest BCUT2D eigenvalue weighted by Crippen LogP contribution is 2.19. The summed E-state index contributed by atoms with van der Waals surface area (Å²) in [7, 11) is 2.01. The van der Waals surface area contributed by atoms with E-state index in [1.807, 2.05) is 19.2 Å². The number of hydrogen-bond acceptors (Lipinski definition) is 3. The summed E-state index contributed by atoms with van der Waals surface area (Å²) in [4.78, 5) is 0. The second-order valence-electron chi connectivity index (χ2n) is 3.19. The van der Waals surface area contributed by atoms with Gasteiger partial charge in [-0.3, -0.25) is 0 Å². The van der Waals surface area contributed by atoms with Gasteiger partial charge in [-0.25, -0.2) is 0 Å². The third kappa shape index (κ3) is 1.44. The molecular formula is C10H13N3O. The van der Waals surface area contributed by atoms with Gasteiger partial charge in [0.15, 0.2) is 0 Å². The van der Waals surface area contributed by atoms with Crippen LogP contribution in [-0.4, -0.2) is 16.3 Å². The maximum absolute atomic E-state index is 5.51. The Morgan fingerprint density at radius 3 is 2.93 bits per heavy atom. The Bertz CT molecular complexity index is 403. The first-order chi connectivity index (χ1) is 6.83. The zero-order valence-electron chi connectivity index (χ0n) is 8.10. The topological polar surface area (TPSA) is 57.0 Å². The van der Waals surface area contributed by atoms with Crippen LogP contribution in [0.25, 0.3) is 11.4 Å². The van der Waals surface area contributed by atoms with Crippen molar-refractivity contribution in [2.24, 2.45) is 12.8 Å². The van der Waals surface area contributed by atoms with Gasteiger partial charge in [0.2, 0.25) is 0 Å². The van der Waals surface area contributed by atoms with Crippen LogP contribution in [0.1, 0.15) is 5.69 Å². The van der Waals surface area contributed by atoms with Crippen molar-refractivity contribution in [3.8, 4) is 11.4 Å². The summed E-state index contributed by atoms with van der Waals surface area (Å²) in [5.41, 5.74) is 8.64. The molecule has 0 saturated carbocycles. The zero-order chi connectivity index (χ0) is 9.97. The predicted molar refractivity (Wildman–Crippen MR) is 53.7 cm³/mol. The van der Waals surface area contributed by atoms with E-state index in [0.717, 1.165) is 17.8 Å². The number of nitrogens with two attached hydrogens (primary N) is 1. The summed E-state index contributed by atoms with van der Waals surface area (Å²) in [6.07, 6.45) is 2.46. The lowest BCUT2D eigenvalue weighted by Gasteiger charge is -2.03. The van der Waals surface area contributed by atoms with Crippen molar-refractivity contribution >= 4 is 0 Å². The highest BCUT2D eigenvalue weighted by atomic mass is 16.5. The standard InChI is InChI=1S/C10H13N3O/c1-13-8(4-6-11)2-3-10(13)9-5-7-14-12-9/h2-3,5,7H,4,6,11H2,1H3. The molecule has 74 valence electrons. The average molecular weight is 191 g/mol. The summed E-state index contributed by atoms with van der Waals surface area (Å²) in [6.45, 7) is 0.663. The van der Waals surface area contributed by atoms with Gasteiger partial charge in [0.25, 0.3) is 0 Å². The van der Waals surface area contributed by atoms with Gasteiger partial charge in [0.1, 0.15) is 12.0 Å². The quantitative estimate of drug-likeness (QED) is 0.792. The molecule has 0 aromatic carbocycles. The minimum Gasteiger partial charge on any atom is -0.364 e. The molecule has 4 heteroatoms. The molecule has 4 nitrogen and oxygen atoms in total. The van der Waals surface area contributed by atoms with Crippen molar-refractivity contribution in [1.29, 1.82) is 0 Å². The van der Waals surface area contributed by atoms with E-state index in [-0.39, 0.29) is 0 Å². The van der Waals surface area contributed by atoms with Crippen LogP contribution in [-0.2, 0) is 13.5 Å². The van der Waals surface area contributed by atoms with E-state index in [4.69, 9.17) is 10.3 Å². The molecule has 14 heavy (non-hydrogen) atoms. The van der Waals surface area contributed by atoms with E-state index in [2.05, 4.69) is 15.8 Å². The van der Waals surface area contributed by atoms with Crippen LogP contribution in [0.5, 0.6) is 0 Å². The molecule has 2 heterocycles. The number of aromatic nitrogens is 2. The Hall–Kier alpha value is -1.55. The SMILES string of the molecule is Cn1c(CCN)ccc1-c1ccon1. The van der Waals surface area contributed by atoms with Crippen molar-refractivity contribution < 1.29 is 4.52 Å². The van der Waals surface area contributed by atoms with Gasteiger partial charge in [-0.2, -0.15) is 0 Å². The van der Waals surface area contributed by atoms with Gasteiger partial charge < -0.3 is 14.8 Å². The molecule has 0 spiro atoms. The Balaban J connectivity index is 2.36. The molecule has 0 unspecified atom stereocenters. The van der Waals surface area contributed by atoms with Gasteiger partial charge in [0.05, 0.1) is 5.69 Å². The van der Waals surface area contributed by atoms with Gasteiger partial charge in [0, 0.05) is 18.8 Å². The summed E-state index contributed by atoms with van der Waals surface area (Å²) in [5.74, 6) is 0. The molecular weight excluding hydrogens is 178 g/mol. The Kier molecular flexibility index (Phi) is 2.37. The molecule has 0 bridgehead atoms. The van der Waals surface area contributed by atoms with Crippen LogP contribution in [0.2, 0.25) is 0 Å². The molecule has 0 aliphatic rings. The molecule has 0 aliphatic carbocycles. The van der Waals surface area contributed by atoms with Gasteiger partial charge in [-0.1, -0.05) is 5.16 Å². The van der Waals surface area contributed by atoms with Crippen LogP contribution in [0.15, 0.2) is 29.0 Å². The van der Waals surface area contributed by atoms with Crippen LogP contribution in [0.3, 0.4) is 0 Å². The lowest BCUT2D eigenvalue weighted by molar-refractivity contribution is 0.422. The van der Waals surface area contributed by atoms with Crippen molar-refractivity contribution in [3.05, 3.63) is 30.2 Å². The molecule has 0 saturated heterocycles. The number of hydrogen-bond donors (Lipinski definition) is 1. The normalized spacial score (nSPS) is 10.7. The van der Waals surface area contributed by atoms with Crippen LogP contribution >= 0.6 is 0 Å². The fourth-order valence-corrected chi connectivity index (χ4v) is 1.55. The van der Waals surface area contributed by atoms with Crippen molar-refractivity contribution in [3.63, 3.8) is 0 Å². The minimum absolute atomic E-state index is 0.663. The van der Waals surface area contributed by atoms with E-state index < -0.39 is 0 Å². The fraction of sp³-hybridized carbons (Fsp3) is 0.300. The molecule has 2 N–H and O–H groups in total. The van der Waals surface area contributed by atoms with Gasteiger partial charge >= 0.3 is 0 Å². The highest BCUT2D eigenvalue weighted by Gasteiger charge is 2.08. The van der Waals surface area contributed by atoms with E-state index in [9.17, 15) is 0 Å². The van der Waals surface area contributed by atoms with Crippen LogP contribution in [0, 0.1) is 0 Å². The smallest absolute Gasteiger partial charge is 0.130 e. The van der Waals surface area contributed by atoms with Crippen molar-refractivity contribution in [2.75, 3.05) is 6.54 Å². The van der Waals surface area contributed by atoms with Gasteiger partial charge in [-0.15, -0.1) is 0 Å². The lowest BCUT2D eigenvalue weighted by Crippen LogP contribution is -2.07. The Labute approximate surface area is 82.3 Å². The summed E-state index contributed by atoms with van der Waals surface area (Å²) < 4.78 is 6.89. The third-order valence-corrected chi connectivity index (χ3v) is 2.33. The molecule has 0 aliphatic heterocycles. The monoisotopic (exact) mass is 191 g/mol. The lowest BCUT2D eigenvalue weighted by atomic mass is 10.3. The largest absolute Gasteiger partial charge is 0.364 e. The van der Waals surface area contributed by atoms with E-state index in [0.29, 0.717) is 6.54 Å². The molecule has 0 radical (unpaired) electrons.